The number of aromatic nitrogens is 1. The summed E-state index contributed by atoms with van der Waals surface area (Å²) in [5.74, 6) is 1.11. The zero-order valence-corrected chi connectivity index (χ0v) is 18.4. The number of rotatable bonds is 4. The first-order valence-electron chi connectivity index (χ1n) is 9.10. The maximum absolute atomic E-state index is 14.8. The van der Waals surface area contributed by atoms with Crippen molar-refractivity contribution in [3.05, 3.63) is 63.9 Å². The number of aliphatic imine (C=N–C) groups is 1. The lowest BCUT2D eigenvalue weighted by atomic mass is 9.90. The Kier molecular flexibility index (Phi) is 5.54. The topological polar surface area (TPSA) is 85.4 Å². The van der Waals surface area contributed by atoms with Crippen LogP contribution in [0.1, 0.15) is 42.4 Å². The van der Waals surface area contributed by atoms with Crippen molar-refractivity contribution < 1.29 is 17.8 Å². The molecule has 9 heteroatoms. The van der Waals surface area contributed by atoms with Gasteiger partial charge in [0.1, 0.15) is 11.5 Å². The van der Waals surface area contributed by atoms with Gasteiger partial charge in [-0.2, -0.15) is 0 Å². The van der Waals surface area contributed by atoms with Gasteiger partial charge in [0.2, 0.25) is 0 Å². The lowest BCUT2D eigenvalue weighted by molar-refractivity contribution is 0.0988. The van der Waals surface area contributed by atoms with Gasteiger partial charge in [-0.15, -0.1) is 0 Å². The highest BCUT2D eigenvalue weighted by molar-refractivity contribution is 8.02. The lowest BCUT2D eigenvalue weighted by Crippen LogP contribution is -2.54. The molecule has 1 unspecified atom stereocenters. The molecular formula is C21H22ClF2N3O2S. The van der Waals surface area contributed by atoms with Gasteiger partial charge in [-0.05, 0) is 66.0 Å². The highest BCUT2D eigenvalue weighted by Gasteiger charge is 2.46. The summed E-state index contributed by atoms with van der Waals surface area (Å²) >= 11 is 5.78. The normalized spacial score (nSPS) is 25.6. The molecule has 0 spiro atoms. The largest absolute Gasteiger partial charge is 0.386 e. The predicted octanol–water partition coefficient (Wildman–Crippen LogP) is 3.52. The minimum Gasteiger partial charge on any atom is -0.386 e. The van der Waals surface area contributed by atoms with Crippen LogP contribution in [0.2, 0.25) is 5.02 Å². The molecule has 0 amide bonds. The minimum absolute atomic E-state index is 0.0582. The number of ketones is 1. The summed E-state index contributed by atoms with van der Waals surface area (Å²) < 4.78 is 41.4. The Labute approximate surface area is 179 Å². The van der Waals surface area contributed by atoms with E-state index in [0.717, 1.165) is 6.07 Å². The molecule has 0 saturated heterocycles. The molecule has 2 atom stereocenters. The van der Waals surface area contributed by atoms with Crippen LogP contribution in [-0.2, 0) is 21.5 Å². The Balaban J connectivity index is 2.05. The summed E-state index contributed by atoms with van der Waals surface area (Å²) in [7, 11) is -2.81. The second kappa shape index (κ2) is 7.42. The fourth-order valence-corrected chi connectivity index (χ4v) is 5.38. The molecule has 0 fully saturated rings. The molecule has 1 aliphatic rings. The van der Waals surface area contributed by atoms with Gasteiger partial charge >= 0.3 is 0 Å². The average Bonchev–Trinajstić information content (AvgIpc) is 2.63. The monoisotopic (exact) mass is 453 g/mol. The fraction of sp³-hybridized carbons (Fsp3) is 0.333. The molecule has 30 heavy (non-hydrogen) atoms. The van der Waals surface area contributed by atoms with E-state index in [1.807, 2.05) is 0 Å². The zero-order valence-electron chi connectivity index (χ0n) is 16.8. The van der Waals surface area contributed by atoms with Crippen molar-refractivity contribution in [3.63, 3.8) is 0 Å². The van der Waals surface area contributed by atoms with Gasteiger partial charge in [0.05, 0.1) is 15.3 Å². The van der Waals surface area contributed by atoms with Crippen LogP contribution in [0.25, 0.3) is 0 Å². The predicted molar refractivity (Wildman–Crippen MR) is 117 cm³/mol. The molecule has 160 valence electrons. The summed E-state index contributed by atoms with van der Waals surface area (Å²) in [5.41, 5.74) is 4.92. The van der Waals surface area contributed by atoms with E-state index in [0.29, 0.717) is 5.02 Å². The Morgan fingerprint density at radius 3 is 2.53 bits per heavy atom. The number of Topliss-reactive ketones (excluding diaryl/α,β-unsaturated/α-hetero) is 1. The van der Waals surface area contributed by atoms with Gasteiger partial charge in [-0.3, -0.25) is 19.0 Å². The Bertz CT molecular complexity index is 1160. The van der Waals surface area contributed by atoms with Gasteiger partial charge in [0.25, 0.3) is 0 Å². The molecule has 2 N–H and O–H groups in total. The summed E-state index contributed by atoms with van der Waals surface area (Å²) in [6.45, 7) is 4.85. The molecule has 0 bridgehead atoms. The van der Waals surface area contributed by atoms with Gasteiger partial charge in [-0.1, -0.05) is 11.6 Å². The van der Waals surface area contributed by atoms with E-state index < -0.39 is 31.4 Å². The van der Waals surface area contributed by atoms with Crippen molar-refractivity contribution in [2.45, 2.75) is 37.5 Å². The van der Waals surface area contributed by atoms with Crippen LogP contribution in [0.5, 0.6) is 0 Å². The molecule has 1 aliphatic heterocycles. The van der Waals surface area contributed by atoms with E-state index in [1.165, 1.54) is 31.3 Å². The van der Waals surface area contributed by atoms with Crippen LogP contribution in [0.4, 0.5) is 8.78 Å². The van der Waals surface area contributed by atoms with Crippen LogP contribution in [0.15, 0.2) is 35.5 Å². The third kappa shape index (κ3) is 3.86. The number of pyridine rings is 1. The van der Waals surface area contributed by atoms with E-state index in [9.17, 15) is 17.8 Å². The minimum atomic E-state index is -2.81. The Hall–Kier alpha value is -2.32. The summed E-state index contributed by atoms with van der Waals surface area (Å²) in [6.07, 6.45) is 1.12. The smallest absolute Gasteiger partial charge is 0.185 e. The zero-order chi connectivity index (χ0) is 22.5. The van der Waals surface area contributed by atoms with Crippen molar-refractivity contribution in [1.29, 1.82) is 0 Å². The fourth-order valence-electron chi connectivity index (χ4n) is 3.35. The van der Waals surface area contributed by atoms with Gasteiger partial charge < -0.3 is 5.73 Å². The molecule has 1 aromatic carbocycles. The van der Waals surface area contributed by atoms with E-state index in [-0.39, 0.29) is 40.6 Å². The first kappa shape index (κ1) is 22.4. The van der Waals surface area contributed by atoms with E-state index in [4.69, 9.17) is 17.3 Å². The number of nitrogens with two attached hydrogens (primary N) is 1. The average molecular weight is 454 g/mol. The van der Waals surface area contributed by atoms with Gasteiger partial charge in [0.15, 0.2) is 17.4 Å². The van der Waals surface area contributed by atoms with Crippen molar-refractivity contribution in [1.82, 2.24) is 4.98 Å². The first-order valence-corrected chi connectivity index (χ1v) is 11.4. The maximum Gasteiger partial charge on any atom is 0.185 e. The van der Waals surface area contributed by atoms with Crippen molar-refractivity contribution in [3.8, 4) is 0 Å². The third-order valence-electron chi connectivity index (χ3n) is 5.47. The van der Waals surface area contributed by atoms with Crippen molar-refractivity contribution >= 4 is 38.6 Å². The second-order valence-electron chi connectivity index (χ2n) is 8.14. The number of halogens is 3. The standard InChI is InChI=1S/C21H22ClF2N3O2S/c1-20(2)19(25)27-21(3,11-30(20,4)29)14-7-12(8-15(23)18(14)24)9-17(28)16-6-5-13(22)10-26-16/h5-8,10H,4,9,11H2,1-3H3,(H2,25,27)/t21-,30?/m0/s1. The summed E-state index contributed by atoms with van der Waals surface area (Å²) in [6, 6.07) is 5.29. The van der Waals surface area contributed by atoms with Crippen LogP contribution >= 0.6 is 11.6 Å². The Morgan fingerprint density at radius 2 is 1.97 bits per heavy atom. The van der Waals surface area contributed by atoms with Gasteiger partial charge in [-0.25, -0.2) is 8.78 Å². The molecular weight excluding hydrogens is 432 g/mol. The lowest BCUT2D eigenvalue weighted by Gasteiger charge is -2.41. The van der Waals surface area contributed by atoms with Crippen LogP contribution < -0.4 is 5.73 Å². The molecule has 0 radical (unpaired) electrons. The number of hydrogen-bond acceptors (Lipinski definition) is 5. The Morgan fingerprint density at radius 1 is 1.30 bits per heavy atom. The number of carbonyl (C=O) groups excluding carboxylic acids is 1. The molecule has 0 aliphatic carbocycles. The molecule has 3 rings (SSSR count). The van der Waals surface area contributed by atoms with E-state index in [1.54, 1.807) is 13.8 Å². The van der Waals surface area contributed by atoms with Crippen LogP contribution in [0.3, 0.4) is 0 Å². The molecule has 2 heterocycles. The molecule has 5 nitrogen and oxygen atoms in total. The SMILES string of the molecule is C=S1(=O)C[C@@](C)(c2cc(CC(=O)c3ccc(Cl)cn3)cc(F)c2F)N=C(N)C1(C)C. The summed E-state index contributed by atoms with van der Waals surface area (Å²) in [4.78, 5) is 20.8. The highest BCUT2D eigenvalue weighted by Crippen LogP contribution is 2.38. The number of amidine groups is 1. The van der Waals surface area contributed by atoms with Crippen LogP contribution in [0, 0.1) is 11.6 Å². The third-order valence-corrected chi connectivity index (χ3v) is 8.80. The number of benzene rings is 1. The van der Waals surface area contributed by atoms with E-state index in [2.05, 4.69) is 15.8 Å². The molecule has 1 aromatic heterocycles. The number of hydrogen-bond donors (Lipinski definition) is 1. The molecule has 0 saturated carbocycles. The molecule has 2 aromatic rings. The quantitative estimate of drug-likeness (QED) is 0.567. The summed E-state index contributed by atoms with van der Waals surface area (Å²) in [5, 5.41) is 0.377. The first-order chi connectivity index (χ1) is 13.8. The highest BCUT2D eigenvalue weighted by atomic mass is 35.5. The number of nitrogens with zero attached hydrogens (tertiary/aromatic N) is 2. The van der Waals surface area contributed by atoms with Crippen molar-refractivity contribution in [2.24, 2.45) is 10.7 Å². The number of carbonyl (C=O) groups is 1. The van der Waals surface area contributed by atoms with Gasteiger partial charge in [0, 0.05) is 23.9 Å². The second-order valence-corrected chi connectivity index (χ2v) is 11.5. The van der Waals surface area contributed by atoms with E-state index >= 15 is 0 Å². The van der Waals surface area contributed by atoms with Crippen molar-refractivity contribution in [2.75, 3.05) is 5.75 Å². The van der Waals surface area contributed by atoms with Crippen LogP contribution in [-0.4, -0.2) is 37.2 Å². The maximum atomic E-state index is 14.8.